The summed E-state index contributed by atoms with van der Waals surface area (Å²) in [6.45, 7) is 15.2. The molecule has 4 unspecified atom stereocenters. The van der Waals surface area contributed by atoms with Crippen molar-refractivity contribution in [2.75, 3.05) is 65.9 Å². The van der Waals surface area contributed by atoms with E-state index in [1.54, 1.807) is 31.0 Å². The van der Waals surface area contributed by atoms with Crippen LogP contribution in [0.15, 0.2) is 159 Å². The van der Waals surface area contributed by atoms with Crippen molar-refractivity contribution >= 4 is 130 Å². The molecular formula is C89H99N15O14. The molecular weight excluding hydrogens is 1500 g/mol. The van der Waals surface area contributed by atoms with Gasteiger partial charge < -0.3 is 47.3 Å². The Hall–Kier alpha value is -12.0. The monoisotopic (exact) mass is 1600 g/mol. The van der Waals surface area contributed by atoms with Crippen molar-refractivity contribution in [1.29, 1.82) is 0 Å². The maximum Gasteiger partial charge on any atom is 0.407 e. The van der Waals surface area contributed by atoms with E-state index in [1.807, 2.05) is 113 Å². The van der Waals surface area contributed by atoms with Crippen molar-refractivity contribution < 1.29 is 66.8 Å². The first kappa shape index (κ1) is 82.5. The normalized spacial score (nSPS) is 17.8. The van der Waals surface area contributed by atoms with Gasteiger partial charge in [-0.3, -0.25) is 69.5 Å². The van der Waals surface area contributed by atoms with Crippen LogP contribution in [0.3, 0.4) is 0 Å². The number of amides is 9. The number of alkyl carbamates (subject to hydrolysis) is 1. The predicted octanol–water partition coefficient (Wildman–Crippen LogP) is 11.3. The Kier molecular flexibility index (Phi) is 26.8. The molecule has 118 heavy (non-hydrogen) atoms. The molecule has 9 amide bonds. The molecule has 4 fully saturated rings. The molecule has 17 rings (SSSR count). The van der Waals surface area contributed by atoms with E-state index in [1.165, 1.54) is 16.8 Å². The Morgan fingerprint density at radius 3 is 1.56 bits per heavy atom. The van der Waals surface area contributed by atoms with Crippen LogP contribution in [-0.2, 0) is 94.4 Å². The van der Waals surface area contributed by atoms with E-state index in [9.17, 15) is 43.2 Å². The van der Waals surface area contributed by atoms with Crippen LogP contribution in [0.1, 0.15) is 150 Å². The summed E-state index contributed by atoms with van der Waals surface area (Å²) >= 11 is 0. The quantitative estimate of drug-likeness (QED) is 0.0262. The lowest BCUT2D eigenvalue weighted by Crippen LogP contribution is -2.42. The molecule has 29 heteroatoms. The minimum Gasteiger partial charge on any atom is -0.444 e. The molecule has 3 aromatic carbocycles. The Bertz CT molecular complexity index is 5640. The van der Waals surface area contributed by atoms with E-state index < -0.39 is 29.8 Å². The van der Waals surface area contributed by atoms with Crippen LogP contribution in [-0.4, -0.2) is 173 Å². The lowest BCUT2D eigenvalue weighted by atomic mass is 10.0. The number of benzene rings is 3. The van der Waals surface area contributed by atoms with E-state index in [0.29, 0.717) is 104 Å². The molecule has 5 aliphatic heterocycles. The summed E-state index contributed by atoms with van der Waals surface area (Å²) < 4.78 is 35.4. The largest absolute Gasteiger partial charge is 0.444 e. The summed E-state index contributed by atoms with van der Waals surface area (Å²) in [7, 11) is 0. The summed E-state index contributed by atoms with van der Waals surface area (Å²) in [6.07, 6.45) is 18.8. The van der Waals surface area contributed by atoms with Gasteiger partial charge in [0.2, 0.25) is 47.3 Å². The number of nitrogens with one attached hydrogen (secondary N) is 5. The fraction of sp³-hybridized carbons (Fsp3) is 0.393. The van der Waals surface area contributed by atoms with Crippen molar-refractivity contribution in [3.8, 4) is 0 Å². The lowest BCUT2D eigenvalue weighted by molar-refractivity contribution is -0.137. The second-order valence-corrected chi connectivity index (χ2v) is 30.9. The smallest absolute Gasteiger partial charge is 0.407 e. The maximum absolute atomic E-state index is 12.7. The van der Waals surface area contributed by atoms with Crippen molar-refractivity contribution in [2.24, 2.45) is 0 Å². The van der Waals surface area contributed by atoms with Gasteiger partial charge >= 0.3 is 6.09 Å². The SMILES string of the molecule is CC(C)(C)OC(=O)NCCOCCOCCCc1ccnc2c1c1ccccc1n2C1CCC(=O)NC1=O.CCCOCCOCCCc1cnc2c(c1)c1ccccc1n2C1CCC(=O)NC1=O.O=C1CCC(n2c3c(c4cccnc42)CN(Cc2ccccc2)CC3)C(=O)N1.O=C1CCC(n2c3ccncc3c3cccnc32)C(=O)N1. The van der Waals surface area contributed by atoms with Gasteiger partial charge in [0.15, 0.2) is 0 Å². The van der Waals surface area contributed by atoms with Crippen LogP contribution in [0.4, 0.5) is 4.79 Å². The number of rotatable bonds is 25. The van der Waals surface area contributed by atoms with Gasteiger partial charge in [-0.2, -0.15) is 0 Å². The summed E-state index contributed by atoms with van der Waals surface area (Å²) in [5.41, 5.74) is 11.5. The molecule has 4 saturated heterocycles. The standard InChI is InChI=1S/C28H36N4O6.C24H29N3O4.C22H22N4O2.C15H12N4O2/c1-28(2,3)38-27(35)30-14-16-37-18-17-36-15-6-7-19-12-13-29-25-24(19)20-8-4-5-9-21(20)32(25)22-10-11-23(33)31-26(22)34;1-2-11-30-13-14-31-12-5-6-17-15-19-18-7-3-4-8-20(18)27(23(19)25-16-17)21-9-10-22(28)26-24(21)29;27-20-9-8-19(22(28)24-20)26-18-10-12-25(13-15-5-2-1-3-6-15)14-17(18)16-7-4-11-23-21(16)26;20-13-4-3-12(15(21)18-13)19-11-5-7-16-8-10(11)9-2-1-6-17-14(9)19/h4-5,8-9,12-13,22H,6-7,10-11,14-18H2,1-3H3,(H,30,35)(H,31,33,34);3-4,7-8,15-16,21H,2,5-6,9-14H2,1H3,(H,26,28,29);1-7,11,19H,8-10,12-14H2,(H,24,27,28);1-2,5-8,12H,3-4H2,(H,18,20,21). The molecule has 5 aliphatic rings. The minimum absolute atomic E-state index is 0.187. The Balaban J connectivity index is 0.000000132. The number of carbonyl (C=O) groups is 9. The summed E-state index contributed by atoms with van der Waals surface area (Å²) in [5, 5.41) is 19.7. The van der Waals surface area contributed by atoms with Crippen molar-refractivity contribution in [3.63, 3.8) is 0 Å². The van der Waals surface area contributed by atoms with Crippen LogP contribution in [0, 0.1) is 0 Å². The second-order valence-electron chi connectivity index (χ2n) is 30.9. The summed E-state index contributed by atoms with van der Waals surface area (Å²) in [5.74, 6) is -1.88. The zero-order valence-corrected chi connectivity index (χ0v) is 66.9. The van der Waals surface area contributed by atoms with Gasteiger partial charge in [-0.1, -0.05) is 73.7 Å². The molecule has 5 N–H and O–H groups in total. The number of aryl methyl sites for hydroxylation is 2. The number of carbonyl (C=O) groups excluding carboxylic acids is 9. The van der Waals surface area contributed by atoms with Crippen LogP contribution in [0.2, 0.25) is 0 Å². The maximum atomic E-state index is 12.7. The molecule has 14 heterocycles. The highest BCUT2D eigenvalue weighted by atomic mass is 16.6. The summed E-state index contributed by atoms with van der Waals surface area (Å²) in [6, 6.07) is 38.8. The molecule has 0 saturated carbocycles. The zero-order chi connectivity index (χ0) is 82.2. The summed E-state index contributed by atoms with van der Waals surface area (Å²) in [4.78, 5) is 133. The van der Waals surface area contributed by atoms with Gasteiger partial charge in [-0.05, 0) is 155 Å². The van der Waals surface area contributed by atoms with Gasteiger partial charge in [0.1, 0.15) is 52.4 Å². The van der Waals surface area contributed by atoms with E-state index in [0.717, 1.165) is 153 Å². The molecule has 0 bridgehead atoms. The van der Waals surface area contributed by atoms with Gasteiger partial charge in [-0.25, -0.2) is 24.7 Å². The number of fused-ring (bicyclic) bond motifs is 12. The number of imide groups is 4. The van der Waals surface area contributed by atoms with E-state index in [2.05, 4.69) is 111 Å². The van der Waals surface area contributed by atoms with Crippen molar-refractivity contribution in [2.45, 2.75) is 160 Å². The highest BCUT2D eigenvalue weighted by Crippen LogP contribution is 2.40. The molecule has 9 aromatic heterocycles. The second kappa shape index (κ2) is 38.4. The third kappa shape index (κ3) is 19.3. The number of nitrogens with zero attached hydrogens (tertiary/aromatic N) is 10. The van der Waals surface area contributed by atoms with E-state index in [-0.39, 0.29) is 53.3 Å². The number of aromatic nitrogens is 9. The number of para-hydroxylation sites is 2. The fourth-order valence-corrected chi connectivity index (χ4v) is 16.3. The topological polar surface area (TPSA) is 347 Å². The Labute approximate surface area is 681 Å². The highest BCUT2D eigenvalue weighted by Gasteiger charge is 2.37. The molecule has 614 valence electrons. The number of hydrogen-bond donors (Lipinski definition) is 5. The Morgan fingerprint density at radius 2 is 0.958 bits per heavy atom. The third-order valence-electron chi connectivity index (χ3n) is 21.5. The molecule has 0 aliphatic carbocycles. The zero-order valence-electron chi connectivity index (χ0n) is 66.9. The first-order valence-electron chi connectivity index (χ1n) is 40.7. The van der Waals surface area contributed by atoms with Crippen LogP contribution in [0.25, 0.3) is 76.8 Å². The van der Waals surface area contributed by atoms with Crippen LogP contribution in [0.5, 0.6) is 0 Å². The van der Waals surface area contributed by atoms with E-state index in [4.69, 9.17) is 28.7 Å². The highest BCUT2D eigenvalue weighted by molar-refractivity contribution is 6.12. The predicted molar refractivity (Wildman–Crippen MR) is 444 cm³/mol. The van der Waals surface area contributed by atoms with Gasteiger partial charge in [0.25, 0.3) is 0 Å². The molecule has 0 spiro atoms. The van der Waals surface area contributed by atoms with Gasteiger partial charge in [0.05, 0.1) is 49.6 Å². The Morgan fingerprint density at radius 1 is 0.458 bits per heavy atom. The fourth-order valence-electron chi connectivity index (χ4n) is 16.3. The first-order valence-corrected chi connectivity index (χ1v) is 40.7. The van der Waals surface area contributed by atoms with Crippen molar-refractivity contribution in [3.05, 3.63) is 186 Å². The molecule has 12 aromatic rings. The molecule has 0 radical (unpaired) electrons. The number of pyridine rings is 5. The van der Waals surface area contributed by atoms with Crippen LogP contribution < -0.4 is 26.6 Å². The third-order valence-corrected chi connectivity index (χ3v) is 21.5. The average Bonchev–Trinajstić information content (AvgIpc) is 1.59. The van der Waals surface area contributed by atoms with E-state index >= 15 is 0 Å². The van der Waals surface area contributed by atoms with Gasteiger partial charge in [0, 0.05) is 159 Å². The minimum atomic E-state index is -0.522. The molecule has 29 nitrogen and oxygen atoms in total. The molecule has 4 atom stereocenters. The average molecular weight is 1600 g/mol. The van der Waals surface area contributed by atoms with Crippen LogP contribution >= 0.6 is 0 Å². The van der Waals surface area contributed by atoms with Gasteiger partial charge in [-0.15, -0.1) is 0 Å². The van der Waals surface area contributed by atoms with Crippen molar-refractivity contribution in [1.82, 2.24) is 74.7 Å². The lowest BCUT2D eigenvalue weighted by Gasteiger charge is -2.30. The number of ether oxygens (including phenoxy) is 5. The number of piperidine rings is 4. The number of hydrogen-bond acceptors (Lipinski definition) is 20. The first-order chi connectivity index (χ1) is 57.4.